The molecule has 4 N–H and O–H groups in total. The number of nitrogens with one attached hydrogen (secondary N) is 2. The smallest absolute Gasteiger partial charge is 0.253 e. The van der Waals surface area contributed by atoms with E-state index in [1.807, 2.05) is 48.5 Å². The summed E-state index contributed by atoms with van der Waals surface area (Å²) in [5.41, 5.74) is 8.45. The van der Waals surface area contributed by atoms with Crippen molar-refractivity contribution in [1.29, 1.82) is 0 Å². The Balaban J connectivity index is 1.56. The summed E-state index contributed by atoms with van der Waals surface area (Å²) >= 11 is 0. The third-order valence-corrected chi connectivity index (χ3v) is 4.21. The third kappa shape index (κ3) is 5.46. The maximum Gasteiger partial charge on any atom is 0.253 e. The van der Waals surface area contributed by atoms with Gasteiger partial charge in [0.15, 0.2) is 5.96 Å². The number of rotatable bonds is 6. The summed E-state index contributed by atoms with van der Waals surface area (Å²) in [7, 11) is 1.62. The van der Waals surface area contributed by atoms with E-state index in [2.05, 4.69) is 15.6 Å². The molecule has 2 aromatic carbocycles. The molecule has 1 unspecified atom stereocenters. The fraction of sp³-hybridized carbons (Fsp3) is 0.300. The van der Waals surface area contributed by atoms with Crippen LogP contribution in [0.1, 0.15) is 18.4 Å². The van der Waals surface area contributed by atoms with E-state index in [1.165, 1.54) is 0 Å². The van der Waals surface area contributed by atoms with Gasteiger partial charge in [-0.2, -0.15) is 0 Å². The van der Waals surface area contributed by atoms with Gasteiger partial charge in [0.25, 0.3) is 5.91 Å². The Bertz CT molecular complexity index is 799. The Morgan fingerprint density at radius 1 is 1.22 bits per heavy atom. The molecule has 1 fully saturated rings. The average Bonchev–Trinajstić information content (AvgIpc) is 3.22. The summed E-state index contributed by atoms with van der Waals surface area (Å²) in [5.74, 6) is 0.987. The van der Waals surface area contributed by atoms with Crippen LogP contribution >= 0.6 is 0 Å². The summed E-state index contributed by atoms with van der Waals surface area (Å²) in [6.45, 7) is 1.05. The largest absolute Gasteiger partial charge is 0.497 e. The van der Waals surface area contributed by atoms with Gasteiger partial charge in [-0.25, -0.2) is 4.99 Å². The molecule has 1 atom stereocenters. The van der Waals surface area contributed by atoms with Gasteiger partial charge in [0.2, 0.25) is 0 Å². The highest BCUT2D eigenvalue weighted by Crippen LogP contribution is 2.17. The van der Waals surface area contributed by atoms with Crippen molar-refractivity contribution in [2.75, 3.05) is 24.4 Å². The van der Waals surface area contributed by atoms with Crippen molar-refractivity contribution in [3.8, 4) is 5.75 Å². The molecule has 0 aromatic heterocycles. The highest BCUT2D eigenvalue weighted by atomic mass is 16.5. The SMILES string of the molecule is COc1ccc(NC(N)=NCc2cccc(NC(=O)C3CCCO3)c2)cc1. The summed E-state index contributed by atoms with van der Waals surface area (Å²) < 4.78 is 10.5. The summed E-state index contributed by atoms with van der Waals surface area (Å²) in [4.78, 5) is 16.5. The van der Waals surface area contributed by atoms with Crippen molar-refractivity contribution < 1.29 is 14.3 Å². The lowest BCUT2D eigenvalue weighted by Gasteiger charge is -2.11. The Kier molecular flexibility index (Phi) is 6.27. The topological polar surface area (TPSA) is 98.0 Å². The molecule has 2 aromatic rings. The van der Waals surface area contributed by atoms with E-state index < -0.39 is 0 Å². The number of anilines is 2. The van der Waals surface area contributed by atoms with Crippen molar-refractivity contribution in [2.24, 2.45) is 10.7 Å². The molecule has 142 valence electrons. The Hall–Kier alpha value is -3.06. The number of ether oxygens (including phenoxy) is 2. The van der Waals surface area contributed by atoms with Gasteiger partial charge >= 0.3 is 0 Å². The number of aliphatic imine (C=N–C) groups is 1. The highest BCUT2D eigenvalue weighted by molar-refractivity contribution is 5.94. The molecule has 0 bridgehead atoms. The first-order valence-electron chi connectivity index (χ1n) is 8.86. The van der Waals surface area contributed by atoms with Crippen LogP contribution in [0.25, 0.3) is 0 Å². The molecular weight excluding hydrogens is 344 g/mol. The molecule has 0 saturated carbocycles. The number of benzene rings is 2. The van der Waals surface area contributed by atoms with Crippen LogP contribution < -0.4 is 21.1 Å². The number of nitrogens with zero attached hydrogens (tertiary/aromatic N) is 1. The van der Waals surface area contributed by atoms with Gasteiger partial charge in [0.05, 0.1) is 13.7 Å². The van der Waals surface area contributed by atoms with Crippen LogP contribution in [0.4, 0.5) is 11.4 Å². The quantitative estimate of drug-likeness (QED) is 0.538. The lowest BCUT2D eigenvalue weighted by atomic mass is 10.2. The first-order chi connectivity index (χ1) is 13.1. The molecule has 1 aliphatic rings. The van der Waals surface area contributed by atoms with Crippen LogP contribution in [0.3, 0.4) is 0 Å². The van der Waals surface area contributed by atoms with E-state index in [9.17, 15) is 4.79 Å². The second-order valence-corrected chi connectivity index (χ2v) is 6.25. The molecule has 7 nitrogen and oxygen atoms in total. The van der Waals surface area contributed by atoms with Gasteiger partial charge in [0, 0.05) is 18.0 Å². The normalized spacial score (nSPS) is 16.8. The van der Waals surface area contributed by atoms with Crippen molar-refractivity contribution in [3.63, 3.8) is 0 Å². The van der Waals surface area contributed by atoms with E-state index in [0.29, 0.717) is 19.1 Å². The predicted octanol–water partition coefficient (Wildman–Crippen LogP) is 2.74. The van der Waals surface area contributed by atoms with Crippen molar-refractivity contribution >= 4 is 23.2 Å². The van der Waals surface area contributed by atoms with E-state index in [4.69, 9.17) is 15.2 Å². The summed E-state index contributed by atoms with van der Waals surface area (Å²) in [6, 6.07) is 15.0. The van der Waals surface area contributed by atoms with Crippen LogP contribution in [0, 0.1) is 0 Å². The van der Waals surface area contributed by atoms with Gasteiger partial charge in [-0.1, -0.05) is 12.1 Å². The third-order valence-electron chi connectivity index (χ3n) is 4.21. The maximum absolute atomic E-state index is 12.1. The minimum absolute atomic E-state index is 0.103. The van der Waals surface area contributed by atoms with Crippen LogP contribution in [-0.2, 0) is 16.1 Å². The van der Waals surface area contributed by atoms with Crippen LogP contribution in [-0.4, -0.2) is 31.7 Å². The molecule has 0 aliphatic carbocycles. The standard InChI is InChI=1S/C20H24N4O3/c1-26-17-9-7-15(8-10-17)24-20(21)22-13-14-4-2-5-16(12-14)23-19(25)18-6-3-11-27-18/h2,4-5,7-10,12,18H,3,6,11,13H2,1H3,(H,23,25)(H3,21,22,24). The number of nitrogens with two attached hydrogens (primary N) is 1. The van der Waals surface area contributed by atoms with E-state index in [-0.39, 0.29) is 12.0 Å². The first-order valence-corrected chi connectivity index (χ1v) is 8.86. The highest BCUT2D eigenvalue weighted by Gasteiger charge is 2.23. The van der Waals surface area contributed by atoms with E-state index >= 15 is 0 Å². The number of hydrogen-bond acceptors (Lipinski definition) is 4. The van der Waals surface area contributed by atoms with Gasteiger partial charge in [-0.05, 0) is 54.8 Å². The predicted molar refractivity (Wildman–Crippen MR) is 106 cm³/mol. The summed E-state index contributed by atoms with van der Waals surface area (Å²) in [5, 5.41) is 5.92. The minimum Gasteiger partial charge on any atom is -0.497 e. The molecule has 1 heterocycles. The van der Waals surface area contributed by atoms with Crippen LogP contribution in [0.2, 0.25) is 0 Å². The molecule has 1 aliphatic heterocycles. The monoisotopic (exact) mass is 368 g/mol. The molecule has 3 rings (SSSR count). The van der Waals surface area contributed by atoms with E-state index in [1.54, 1.807) is 7.11 Å². The Morgan fingerprint density at radius 3 is 2.74 bits per heavy atom. The zero-order valence-electron chi connectivity index (χ0n) is 15.3. The molecular formula is C20H24N4O3. The first kappa shape index (κ1) is 18.7. The molecule has 0 spiro atoms. The number of guanidine groups is 1. The van der Waals surface area contributed by atoms with Crippen molar-refractivity contribution in [3.05, 3.63) is 54.1 Å². The molecule has 27 heavy (non-hydrogen) atoms. The van der Waals surface area contributed by atoms with Gasteiger partial charge in [0.1, 0.15) is 11.9 Å². The fourth-order valence-corrected chi connectivity index (χ4v) is 2.79. The second kappa shape index (κ2) is 9.05. The molecule has 1 saturated heterocycles. The lowest BCUT2D eigenvalue weighted by Crippen LogP contribution is -2.26. The van der Waals surface area contributed by atoms with Crippen molar-refractivity contribution in [1.82, 2.24) is 0 Å². The van der Waals surface area contributed by atoms with Gasteiger partial charge in [-0.3, -0.25) is 4.79 Å². The van der Waals surface area contributed by atoms with Gasteiger partial charge in [-0.15, -0.1) is 0 Å². The fourth-order valence-electron chi connectivity index (χ4n) is 2.79. The van der Waals surface area contributed by atoms with Crippen molar-refractivity contribution in [2.45, 2.75) is 25.5 Å². The number of methoxy groups -OCH3 is 1. The Labute approximate surface area is 158 Å². The molecule has 0 radical (unpaired) electrons. The van der Waals surface area contributed by atoms with Gasteiger partial charge < -0.3 is 25.8 Å². The number of amides is 1. The number of carbonyl (C=O) groups excluding carboxylic acids is 1. The average molecular weight is 368 g/mol. The molecule has 7 heteroatoms. The zero-order valence-corrected chi connectivity index (χ0v) is 15.3. The zero-order chi connectivity index (χ0) is 19.1. The maximum atomic E-state index is 12.1. The van der Waals surface area contributed by atoms with Crippen LogP contribution in [0.15, 0.2) is 53.5 Å². The second-order valence-electron chi connectivity index (χ2n) is 6.25. The van der Waals surface area contributed by atoms with Crippen LogP contribution in [0.5, 0.6) is 5.75 Å². The minimum atomic E-state index is -0.351. The summed E-state index contributed by atoms with van der Waals surface area (Å²) in [6.07, 6.45) is 1.34. The Morgan fingerprint density at radius 2 is 2.04 bits per heavy atom. The lowest BCUT2D eigenvalue weighted by molar-refractivity contribution is -0.124. The number of carbonyl (C=O) groups is 1. The van der Waals surface area contributed by atoms with E-state index in [0.717, 1.165) is 35.5 Å². The molecule has 1 amide bonds. The number of hydrogen-bond donors (Lipinski definition) is 3.